The van der Waals surface area contributed by atoms with Gasteiger partial charge in [0.1, 0.15) is 0 Å². The lowest BCUT2D eigenvalue weighted by molar-refractivity contribution is 0.0906. The van der Waals surface area contributed by atoms with E-state index in [1.807, 2.05) is 29.5 Å². The van der Waals surface area contributed by atoms with E-state index in [1.165, 1.54) is 16.0 Å². The molecule has 1 saturated heterocycles. The second-order valence-corrected chi connectivity index (χ2v) is 7.46. The van der Waals surface area contributed by atoms with Gasteiger partial charge in [0.2, 0.25) is 0 Å². The fraction of sp³-hybridized carbons (Fsp3) is 0.421. The lowest BCUT2D eigenvalue weighted by Crippen LogP contribution is -2.46. The Balaban J connectivity index is 1.76. The minimum atomic E-state index is -0.0265. The second kappa shape index (κ2) is 7.47. The number of nitrogens with zero attached hydrogens (tertiary/aromatic N) is 2. The van der Waals surface area contributed by atoms with Gasteiger partial charge >= 0.3 is 0 Å². The van der Waals surface area contributed by atoms with E-state index < -0.39 is 0 Å². The molecule has 0 radical (unpaired) electrons. The van der Waals surface area contributed by atoms with Crippen LogP contribution in [0.5, 0.6) is 0 Å². The molecule has 0 unspecified atom stereocenters. The largest absolute Gasteiger partial charge is 0.355 e. The summed E-state index contributed by atoms with van der Waals surface area (Å²) in [6.07, 6.45) is 0. The number of amides is 1. The molecule has 24 heavy (non-hydrogen) atoms. The monoisotopic (exact) mass is 343 g/mol. The molecular weight excluding hydrogens is 318 g/mol. The molecule has 128 valence electrons. The average Bonchev–Trinajstić information content (AvgIpc) is 3.00. The normalized spacial score (nSPS) is 19.4. The minimum absolute atomic E-state index is 0.0265. The van der Waals surface area contributed by atoms with Crippen LogP contribution in [0.3, 0.4) is 0 Å². The first-order valence-electron chi connectivity index (χ1n) is 8.36. The SMILES string of the molecule is CNC(=O)c1cccc([C@@H]2CN(Cc3sccc3C)CCN2C)c1. The van der Waals surface area contributed by atoms with Crippen LogP contribution in [0, 0.1) is 6.92 Å². The van der Waals surface area contributed by atoms with Gasteiger partial charge in [0, 0.05) is 49.7 Å². The Morgan fingerprint density at radius 1 is 1.33 bits per heavy atom. The molecule has 1 amide bonds. The van der Waals surface area contributed by atoms with E-state index in [9.17, 15) is 4.79 Å². The number of rotatable bonds is 4. The summed E-state index contributed by atoms with van der Waals surface area (Å²) >= 11 is 1.84. The molecule has 3 rings (SSSR count). The maximum absolute atomic E-state index is 11.9. The van der Waals surface area contributed by atoms with Gasteiger partial charge in [0.15, 0.2) is 0 Å². The van der Waals surface area contributed by atoms with Crippen molar-refractivity contribution in [3.63, 3.8) is 0 Å². The van der Waals surface area contributed by atoms with Gasteiger partial charge in [-0.3, -0.25) is 14.6 Å². The topological polar surface area (TPSA) is 35.6 Å². The van der Waals surface area contributed by atoms with Crippen LogP contribution in [0.15, 0.2) is 35.7 Å². The van der Waals surface area contributed by atoms with E-state index in [0.717, 1.165) is 31.7 Å². The maximum Gasteiger partial charge on any atom is 0.251 e. The highest BCUT2D eigenvalue weighted by Crippen LogP contribution is 2.27. The zero-order chi connectivity index (χ0) is 17.1. The van der Waals surface area contributed by atoms with Crippen molar-refractivity contribution in [2.45, 2.75) is 19.5 Å². The van der Waals surface area contributed by atoms with E-state index in [-0.39, 0.29) is 5.91 Å². The molecule has 1 aliphatic heterocycles. The third-order valence-electron chi connectivity index (χ3n) is 4.83. The Morgan fingerprint density at radius 3 is 2.88 bits per heavy atom. The van der Waals surface area contributed by atoms with Crippen molar-refractivity contribution >= 4 is 17.2 Å². The molecule has 1 atom stereocenters. The summed E-state index contributed by atoms with van der Waals surface area (Å²) in [5.74, 6) is -0.0265. The van der Waals surface area contributed by atoms with Crippen LogP contribution in [0.4, 0.5) is 0 Å². The van der Waals surface area contributed by atoms with Crippen molar-refractivity contribution in [1.82, 2.24) is 15.1 Å². The molecule has 0 aliphatic carbocycles. The summed E-state index contributed by atoms with van der Waals surface area (Å²) in [7, 11) is 3.85. The number of carbonyl (C=O) groups is 1. The van der Waals surface area contributed by atoms with E-state index >= 15 is 0 Å². The fourth-order valence-corrected chi connectivity index (χ4v) is 4.18. The molecule has 0 bridgehead atoms. The molecule has 4 nitrogen and oxygen atoms in total. The maximum atomic E-state index is 11.9. The predicted molar refractivity (Wildman–Crippen MR) is 99.5 cm³/mol. The predicted octanol–water partition coefficient (Wildman–Crippen LogP) is 2.90. The summed E-state index contributed by atoms with van der Waals surface area (Å²) < 4.78 is 0. The first kappa shape index (κ1) is 17.1. The molecule has 1 aromatic carbocycles. The van der Waals surface area contributed by atoms with Crippen LogP contribution in [-0.4, -0.2) is 49.4 Å². The Morgan fingerprint density at radius 2 is 2.17 bits per heavy atom. The number of aryl methyl sites for hydroxylation is 1. The number of hydrogen-bond acceptors (Lipinski definition) is 4. The highest BCUT2D eigenvalue weighted by molar-refractivity contribution is 7.10. The molecular formula is C19H25N3OS. The number of nitrogens with one attached hydrogen (secondary N) is 1. The number of hydrogen-bond donors (Lipinski definition) is 1. The van der Waals surface area contributed by atoms with E-state index in [4.69, 9.17) is 0 Å². The van der Waals surface area contributed by atoms with E-state index in [1.54, 1.807) is 7.05 Å². The number of thiophene rings is 1. The number of carbonyl (C=O) groups excluding carboxylic acids is 1. The number of benzene rings is 1. The van der Waals surface area contributed by atoms with Gasteiger partial charge in [0.05, 0.1) is 0 Å². The Labute approximate surface area is 148 Å². The van der Waals surface area contributed by atoms with Gasteiger partial charge in [-0.1, -0.05) is 12.1 Å². The van der Waals surface area contributed by atoms with Crippen molar-refractivity contribution in [3.05, 3.63) is 57.3 Å². The standard InChI is InChI=1S/C19H25N3OS/c1-14-7-10-24-18(14)13-22-9-8-21(3)17(12-22)15-5-4-6-16(11-15)19(23)20-2/h4-7,10-11,17H,8-9,12-13H2,1-3H3,(H,20,23)/t17-/m0/s1. The van der Waals surface area contributed by atoms with Gasteiger partial charge < -0.3 is 5.32 Å². The summed E-state index contributed by atoms with van der Waals surface area (Å²) in [6, 6.07) is 10.5. The van der Waals surface area contributed by atoms with Crippen LogP contribution in [0.1, 0.15) is 32.4 Å². The molecule has 1 fully saturated rings. The first-order valence-corrected chi connectivity index (χ1v) is 9.24. The minimum Gasteiger partial charge on any atom is -0.355 e. The summed E-state index contributed by atoms with van der Waals surface area (Å²) in [4.78, 5) is 18.3. The molecule has 0 saturated carbocycles. The van der Waals surface area contributed by atoms with Gasteiger partial charge in [-0.2, -0.15) is 0 Å². The molecule has 1 aliphatic rings. The van der Waals surface area contributed by atoms with Crippen LogP contribution < -0.4 is 5.32 Å². The Kier molecular flexibility index (Phi) is 5.33. The highest BCUT2D eigenvalue weighted by atomic mass is 32.1. The summed E-state index contributed by atoms with van der Waals surface area (Å²) in [5.41, 5.74) is 3.33. The van der Waals surface area contributed by atoms with Crippen molar-refractivity contribution in [2.75, 3.05) is 33.7 Å². The zero-order valence-electron chi connectivity index (χ0n) is 14.6. The van der Waals surface area contributed by atoms with Crippen LogP contribution in [-0.2, 0) is 6.54 Å². The smallest absolute Gasteiger partial charge is 0.251 e. The molecule has 5 heteroatoms. The van der Waals surface area contributed by atoms with Crippen molar-refractivity contribution in [2.24, 2.45) is 0 Å². The molecule has 2 aromatic rings. The first-order chi connectivity index (χ1) is 11.6. The van der Waals surface area contributed by atoms with E-state index in [2.05, 4.69) is 46.6 Å². The molecule has 0 spiro atoms. The second-order valence-electron chi connectivity index (χ2n) is 6.46. The van der Waals surface area contributed by atoms with Crippen molar-refractivity contribution < 1.29 is 4.79 Å². The summed E-state index contributed by atoms with van der Waals surface area (Å²) in [6.45, 7) is 6.32. The fourth-order valence-electron chi connectivity index (χ4n) is 3.23. The van der Waals surface area contributed by atoms with Gasteiger partial charge in [-0.25, -0.2) is 0 Å². The molecule has 1 aromatic heterocycles. The average molecular weight is 343 g/mol. The molecule has 2 heterocycles. The third kappa shape index (κ3) is 3.69. The number of piperazine rings is 1. The quantitative estimate of drug-likeness (QED) is 0.927. The molecule has 1 N–H and O–H groups in total. The van der Waals surface area contributed by atoms with Crippen molar-refractivity contribution in [1.29, 1.82) is 0 Å². The van der Waals surface area contributed by atoms with Crippen molar-refractivity contribution in [3.8, 4) is 0 Å². The third-order valence-corrected chi connectivity index (χ3v) is 5.84. The van der Waals surface area contributed by atoms with Crippen LogP contribution in [0.2, 0.25) is 0 Å². The Hall–Kier alpha value is -1.69. The zero-order valence-corrected chi connectivity index (χ0v) is 15.4. The van der Waals surface area contributed by atoms with Gasteiger partial charge in [-0.05, 0) is 48.7 Å². The van der Waals surface area contributed by atoms with E-state index in [0.29, 0.717) is 6.04 Å². The van der Waals surface area contributed by atoms with Gasteiger partial charge in [0.25, 0.3) is 5.91 Å². The Bertz CT molecular complexity index is 712. The highest BCUT2D eigenvalue weighted by Gasteiger charge is 2.26. The van der Waals surface area contributed by atoms with Gasteiger partial charge in [-0.15, -0.1) is 11.3 Å². The summed E-state index contributed by atoms with van der Waals surface area (Å²) in [5, 5.41) is 4.88. The van der Waals surface area contributed by atoms with Crippen LogP contribution in [0.25, 0.3) is 0 Å². The number of likely N-dealkylation sites (N-methyl/N-ethyl adjacent to an activating group) is 1. The lowest BCUT2D eigenvalue weighted by atomic mass is 10.00. The van der Waals surface area contributed by atoms with Crippen LogP contribution >= 0.6 is 11.3 Å². The lowest BCUT2D eigenvalue weighted by Gasteiger charge is -2.39.